The molecule has 172 valence electrons. The molecule has 1 saturated heterocycles. The minimum absolute atomic E-state index is 0.0283. The van der Waals surface area contributed by atoms with Gasteiger partial charge in [0.05, 0.1) is 19.1 Å². The van der Waals surface area contributed by atoms with E-state index in [1.807, 2.05) is 36.7 Å². The van der Waals surface area contributed by atoms with Gasteiger partial charge in [0.2, 0.25) is 5.88 Å². The highest BCUT2D eigenvalue weighted by molar-refractivity contribution is 5.97. The van der Waals surface area contributed by atoms with E-state index >= 15 is 0 Å². The number of pyridine rings is 1. The van der Waals surface area contributed by atoms with Gasteiger partial charge in [-0.1, -0.05) is 5.16 Å². The summed E-state index contributed by atoms with van der Waals surface area (Å²) in [6.45, 7) is 5.02. The molecule has 0 saturated carbocycles. The average Bonchev–Trinajstić information content (AvgIpc) is 3.26. The first-order valence-electron chi connectivity index (χ1n) is 11.0. The molecule has 5 rings (SSSR count). The van der Waals surface area contributed by atoms with E-state index in [4.69, 9.17) is 19.3 Å². The molecule has 1 aromatic carbocycles. The van der Waals surface area contributed by atoms with E-state index in [0.717, 1.165) is 36.3 Å². The summed E-state index contributed by atoms with van der Waals surface area (Å²) in [5.41, 5.74) is 3.14. The molecule has 1 fully saturated rings. The summed E-state index contributed by atoms with van der Waals surface area (Å²) >= 11 is 0. The second-order valence-corrected chi connectivity index (χ2v) is 8.33. The van der Waals surface area contributed by atoms with E-state index in [0.29, 0.717) is 29.8 Å². The molecule has 8 nitrogen and oxygen atoms in total. The molecule has 2 atom stereocenters. The fraction of sp³-hybridized carbons (Fsp3) is 0.375. The van der Waals surface area contributed by atoms with Crippen molar-refractivity contribution in [1.82, 2.24) is 19.4 Å². The number of oxime groups is 1. The molecule has 3 aromatic rings. The molecule has 33 heavy (non-hydrogen) atoms. The minimum Gasteiger partial charge on any atom is -0.488 e. The van der Waals surface area contributed by atoms with Crippen LogP contribution < -0.4 is 9.47 Å². The van der Waals surface area contributed by atoms with E-state index in [1.165, 1.54) is 12.1 Å². The monoisotopic (exact) mass is 451 g/mol. The third-order valence-electron chi connectivity index (χ3n) is 6.05. The maximum absolute atomic E-state index is 13.5. The van der Waals surface area contributed by atoms with Gasteiger partial charge >= 0.3 is 0 Å². The van der Waals surface area contributed by atoms with Crippen LogP contribution in [0.5, 0.6) is 11.6 Å². The van der Waals surface area contributed by atoms with Gasteiger partial charge in [-0.3, -0.25) is 0 Å². The van der Waals surface area contributed by atoms with Crippen molar-refractivity contribution in [3.63, 3.8) is 0 Å². The number of piperidine rings is 1. The summed E-state index contributed by atoms with van der Waals surface area (Å²) in [5.74, 6) is 1.55. The standard InChI is InChI=1S/C24H26FN5O3/c1-15-11-17(25)6-9-21(15)33-22-5-4-10-30-20(22)13-32-28-23(30)18-7-8-19(24(27-18)31-3)29-12-16(2)26-14-29/h6-9,11-12,14,20,22H,4-5,10,13H2,1-3H3/t20-,22-/m0/s1. The molecule has 0 aliphatic carbocycles. The van der Waals surface area contributed by atoms with Crippen molar-refractivity contribution >= 4 is 5.84 Å². The molecule has 0 radical (unpaired) electrons. The molecule has 0 spiro atoms. The van der Waals surface area contributed by atoms with Crippen LogP contribution in [0.4, 0.5) is 4.39 Å². The van der Waals surface area contributed by atoms with Crippen LogP contribution >= 0.6 is 0 Å². The van der Waals surface area contributed by atoms with Crippen LogP contribution in [0.1, 0.15) is 29.8 Å². The average molecular weight is 452 g/mol. The Labute approximate surface area is 191 Å². The highest BCUT2D eigenvalue weighted by Gasteiger charge is 2.39. The molecular weight excluding hydrogens is 425 g/mol. The van der Waals surface area contributed by atoms with Gasteiger partial charge in [0.25, 0.3) is 0 Å². The second kappa shape index (κ2) is 8.73. The van der Waals surface area contributed by atoms with Crippen LogP contribution in [0.15, 0.2) is 48.0 Å². The number of ether oxygens (including phenoxy) is 2. The summed E-state index contributed by atoms with van der Waals surface area (Å²) in [4.78, 5) is 16.8. The highest BCUT2D eigenvalue weighted by atomic mass is 19.1. The Morgan fingerprint density at radius 2 is 2.06 bits per heavy atom. The largest absolute Gasteiger partial charge is 0.488 e. The minimum atomic E-state index is -0.269. The third-order valence-corrected chi connectivity index (χ3v) is 6.05. The summed E-state index contributed by atoms with van der Waals surface area (Å²) in [6, 6.07) is 8.41. The number of rotatable bonds is 5. The van der Waals surface area contributed by atoms with Crippen LogP contribution in [-0.2, 0) is 4.84 Å². The van der Waals surface area contributed by atoms with Gasteiger partial charge < -0.3 is 23.8 Å². The van der Waals surface area contributed by atoms with Crippen LogP contribution in [0, 0.1) is 19.7 Å². The summed E-state index contributed by atoms with van der Waals surface area (Å²) in [6.07, 6.45) is 5.35. The quantitative estimate of drug-likeness (QED) is 0.590. The number of hydrogen-bond acceptors (Lipinski definition) is 7. The predicted octanol–water partition coefficient (Wildman–Crippen LogP) is 3.64. The van der Waals surface area contributed by atoms with E-state index in [1.54, 1.807) is 19.5 Å². The number of methoxy groups -OCH3 is 1. The Morgan fingerprint density at radius 3 is 2.82 bits per heavy atom. The van der Waals surface area contributed by atoms with E-state index in [2.05, 4.69) is 15.0 Å². The molecule has 2 aromatic heterocycles. The van der Waals surface area contributed by atoms with Crippen molar-refractivity contribution in [2.75, 3.05) is 20.3 Å². The van der Waals surface area contributed by atoms with Crippen LogP contribution in [-0.4, -0.2) is 57.7 Å². The van der Waals surface area contributed by atoms with E-state index < -0.39 is 0 Å². The fourth-order valence-corrected chi connectivity index (χ4v) is 4.41. The lowest BCUT2D eigenvalue weighted by Crippen LogP contribution is -2.57. The molecule has 2 aliphatic rings. The Balaban J connectivity index is 1.41. The van der Waals surface area contributed by atoms with Crippen LogP contribution in [0.2, 0.25) is 0 Å². The maximum Gasteiger partial charge on any atom is 0.238 e. The van der Waals surface area contributed by atoms with Crippen molar-refractivity contribution in [1.29, 1.82) is 0 Å². The number of fused-ring (bicyclic) bond motifs is 1. The Bertz CT molecular complexity index is 1190. The van der Waals surface area contributed by atoms with Gasteiger partial charge in [0, 0.05) is 12.7 Å². The van der Waals surface area contributed by atoms with E-state index in [-0.39, 0.29) is 18.0 Å². The van der Waals surface area contributed by atoms with Gasteiger partial charge in [-0.2, -0.15) is 0 Å². The lowest BCUT2D eigenvalue weighted by Gasteiger charge is -2.43. The molecule has 0 N–H and O–H groups in total. The lowest BCUT2D eigenvalue weighted by molar-refractivity contribution is -0.0162. The normalized spacial score (nSPS) is 20.0. The zero-order valence-electron chi connectivity index (χ0n) is 18.9. The lowest BCUT2D eigenvalue weighted by atomic mass is 9.97. The van der Waals surface area contributed by atoms with Crippen molar-refractivity contribution in [3.8, 4) is 17.3 Å². The third kappa shape index (κ3) is 4.10. The van der Waals surface area contributed by atoms with Gasteiger partial charge in [0.1, 0.15) is 41.7 Å². The number of amidine groups is 1. The Morgan fingerprint density at radius 1 is 1.18 bits per heavy atom. The second-order valence-electron chi connectivity index (χ2n) is 8.33. The van der Waals surface area contributed by atoms with Gasteiger partial charge in [-0.15, -0.1) is 0 Å². The van der Waals surface area contributed by atoms with Crippen molar-refractivity contribution in [2.24, 2.45) is 5.16 Å². The SMILES string of the molecule is COc1nc(C2=NOC[C@H]3[C@@H](Oc4ccc(F)cc4C)CCCN23)ccc1-n1cnc(C)c1. The first kappa shape index (κ1) is 21.2. The molecule has 0 bridgehead atoms. The van der Waals surface area contributed by atoms with E-state index in [9.17, 15) is 4.39 Å². The first-order chi connectivity index (χ1) is 16.0. The number of aryl methyl sites for hydroxylation is 2. The zero-order chi connectivity index (χ0) is 22.9. The number of benzene rings is 1. The van der Waals surface area contributed by atoms with Gasteiger partial charge in [-0.25, -0.2) is 14.4 Å². The van der Waals surface area contributed by atoms with Crippen LogP contribution in [0.3, 0.4) is 0 Å². The number of imidazole rings is 1. The summed E-state index contributed by atoms with van der Waals surface area (Å²) in [7, 11) is 1.59. The highest BCUT2D eigenvalue weighted by Crippen LogP contribution is 2.30. The molecule has 2 aliphatic heterocycles. The van der Waals surface area contributed by atoms with Crippen molar-refractivity contribution in [3.05, 3.63) is 65.6 Å². The number of nitrogens with zero attached hydrogens (tertiary/aromatic N) is 5. The maximum atomic E-state index is 13.5. The summed E-state index contributed by atoms with van der Waals surface area (Å²) < 4.78 is 27.3. The summed E-state index contributed by atoms with van der Waals surface area (Å²) in [5, 5.41) is 4.34. The molecule has 9 heteroatoms. The fourth-order valence-electron chi connectivity index (χ4n) is 4.41. The van der Waals surface area contributed by atoms with Gasteiger partial charge in [-0.05, 0) is 62.6 Å². The van der Waals surface area contributed by atoms with Crippen molar-refractivity contribution in [2.45, 2.75) is 38.8 Å². The predicted molar refractivity (Wildman–Crippen MR) is 120 cm³/mol. The number of hydrogen-bond donors (Lipinski definition) is 0. The van der Waals surface area contributed by atoms with Crippen molar-refractivity contribution < 1.29 is 18.7 Å². The molecule has 0 amide bonds. The Hall–Kier alpha value is -3.62. The topological polar surface area (TPSA) is 74.0 Å². The smallest absolute Gasteiger partial charge is 0.238 e. The molecule has 4 heterocycles. The van der Waals surface area contributed by atoms with Gasteiger partial charge in [0.15, 0.2) is 5.84 Å². The Kier molecular flexibility index (Phi) is 5.62. The number of halogens is 1. The van der Waals surface area contributed by atoms with Crippen LogP contribution in [0.25, 0.3) is 5.69 Å². The molecule has 0 unspecified atom stereocenters. The number of aromatic nitrogens is 3. The zero-order valence-corrected chi connectivity index (χ0v) is 18.9. The first-order valence-corrected chi connectivity index (χ1v) is 11.0. The molecular formula is C24H26FN5O3.